The summed E-state index contributed by atoms with van der Waals surface area (Å²) in [7, 11) is 0. The van der Waals surface area contributed by atoms with Crippen molar-refractivity contribution < 1.29 is 38.5 Å². The number of alkyl carbamates (subject to hydrolysis) is 2. The van der Waals surface area contributed by atoms with Gasteiger partial charge in [-0.1, -0.05) is 44.2 Å². The molecule has 0 saturated heterocycles. The summed E-state index contributed by atoms with van der Waals surface area (Å²) in [5.74, 6) is -1.93. The minimum atomic E-state index is -1.30. The summed E-state index contributed by atoms with van der Waals surface area (Å²) < 4.78 is 15.4. The van der Waals surface area contributed by atoms with Crippen LogP contribution in [0.1, 0.15) is 46.6 Å². The molecule has 0 saturated carbocycles. The molecule has 1 rings (SSSR count). The zero-order valence-electron chi connectivity index (χ0n) is 20.5. The first-order valence-corrected chi connectivity index (χ1v) is 11.1. The predicted octanol–water partition coefficient (Wildman–Crippen LogP) is 2.44. The van der Waals surface area contributed by atoms with Crippen LogP contribution >= 0.6 is 0 Å². The summed E-state index contributed by atoms with van der Waals surface area (Å²) in [5, 5.41) is 16.3. The van der Waals surface area contributed by atoms with Crippen LogP contribution in [0.4, 0.5) is 9.59 Å². The lowest BCUT2D eigenvalue weighted by atomic mass is 10.2. The Morgan fingerprint density at radius 3 is 2.09 bits per heavy atom. The highest BCUT2D eigenvalue weighted by Gasteiger charge is 2.24. The highest BCUT2D eigenvalue weighted by molar-refractivity contribution is 5.89. The lowest BCUT2D eigenvalue weighted by Crippen LogP contribution is -2.48. The van der Waals surface area contributed by atoms with Crippen molar-refractivity contribution in [2.75, 3.05) is 26.3 Å². The molecule has 0 bridgehead atoms. The first-order valence-electron chi connectivity index (χ1n) is 11.1. The van der Waals surface area contributed by atoms with Crippen molar-refractivity contribution in [2.24, 2.45) is 0 Å². The van der Waals surface area contributed by atoms with Gasteiger partial charge in [-0.25, -0.2) is 9.59 Å². The Kier molecular flexibility index (Phi) is 15.5. The number of ether oxygens (including phenoxy) is 3. The molecule has 34 heavy (non-hydrogen) atoms. The normalized spacial score (nSPS) is 11.2. The van der Waals surface area contributed by atoms with Gasteiger partial charge >= 0.3 is 18.2 Å². The zero-order chi connectivity index (χ0) is 26.0. The van der Waals surface area contributed by atoms with Gasteiger partial charge in [-0.05, 0) is 26.3 Å². The third-order valence-electron chi connectivity index (χ3n) is 3.66. The van der Waals surface area contributed by atoms with Crippen LogP contribution < -0.4 is 16.0 Å². The molecule has 1 unspecified atom stereocenters. The molecular weight excluding hydrogens is 446 g/mol. The van der Waals surface area contributed by atoms with Crippen LogP contribution in [0.25, 0.3) is 0 Å². The number of hydrogen-bond acceptors (Lipinski definition) is 7. The SMILES string of the molecule is CC.CC(C)(C)OC(=O)NCCOCCNC(=O)C(CC(=O)O)NC(=O)OCc1ccccc1. The Labute approximate surface area is 200 Å². The summed E-state index contributed by atoms with van der Waals surface area (Å²) in [6.45, 7) is 9.86. The summed E-state index contributed by atoms with van der Waals surface area (Å²) in [5.41, 5.74) is 0.157. The van der Waals surface area contributed by atoms with Crippen LogP contribution in [0.2, 0.25) is 0 Å². The van der Waals surface area contributed by atoms with Crippen molar-refractivity contribution in [3.05, 3.63) is 35.9 Å². The van der Waals surface area contributed by atoms with E-state index in [-0.39, 0.29) is 32.9 Å². The molecule has 0 radical (unpaired) electrons. The van der Waals surface area contributed by atoms with Gasteiger partial charge in [0, 0.05) is 13.1 Å². The van der Waals surface area contributed by atoms with Crippen molar-refractivity contribution in [3.63, 3.8) is 0 Å². The number of nitrogens with one attached hydrogen (secondary N) is 3. The highest BCUT2D eigenvalue weighted by Crippen LogP contribution is 2.06. The van der Waals surface area contributed by atoms with E-state index < -0.39 is 42.1 Å². The van der Waals surface area contributed by atoms with E-state index in [4.69, 9.17) is 19.3 Å². The number of benzene rings is 1. The molecule has 0 fully saturated rings. The van der Waals surface area contributed by atoms with Gasteiger partial charge in [0.15, 0.2) is 0 Å². The third kappa shape index (κ3) is 16.3. The number of amides is 3. The lowest BCUT2D eigenvalue weighted by molar-refractivity contribution is -0.139. The third-order valence-corrected chi connectivity index (χ3v) is 3.66. The Morgan fingerprint density at radius 1 is 0.941 bits per heavy atom. The topological polar surface area (TPSA) is 152 Å². The molecule has 3 amide bonds. The maximum atomic E-state index is 12.2. The Balaban J connectivity index is 0.00000529. The fraction of sp³-hybridized carbons (Fsp3) is 0.565. The van der Waals surface area contributed by atoms with Gasteiger partial charge < -0.3 is 35.3 Å². The van der Waals surface area contributed by atoms with Gasteiger partial charge in [0.25, 0.3) is 0 Å². The van der Waals surface area contributed by atoms with Crippen molar-refractivity contribution in [1.82, 2.24) is 16.0 Å². The molecule has 0 aliphatic carbocycles. The summed E-state index contributed by atoms with van der Waals surface area (Å²) in [4.78, 5) is 46.7. The molecule has 192 valence electrons. The molecule has 1 atom stereocenters. The monoisotopic (exact) mass is 483 g/mol. The Morgan fingerprint density at radius 2 is 1.53 bits per heavy atom. The molecule has 1 aromatic rings. The molecule has 4 N–H and O–H groups in total. The second-order valence-electron chi connectivity index (χ2n) is 7.69. The van der Waals surface area contributed by atoms with Gasteiger partial charge in [-0.15, -0.1) is 0 Å². The molecule has 11 heteroatoms. The highest BCUT2D eigenvalue weighted by atomic mass is 16.6. The maximum Gasteiger partial charge on any atom is 0.408 e. The number of rotatable bonds is 12. The summed E-state index contributed by atoms with van der Waals surface area (Å²) in [6, 6.07) is 7.61. The van der Waals surface area contributed by atoms with Crippen LogP contribution in [0.5, 0.6) is 0 Å². The van der Waals surface area contributed by atoms with Crippen LogP contribution in [-0.2, 0) is 30.4 Å². The molecule has 0 heterocycles. The summed E-state index contributed by atoms with van der Waals surface area (Å²) >= 11 is 0. The largest absolute Gasteiger partial charge is 0.481 e. The number of aliphatic carboxylic acids is 1. The fourth-order valence-electron chi connectivity index (χ4n) is 2.30. The van der Waals surface area contributed by atoms with Crippen molar-refractivity contribution in [2.45, 2.75) is 59.3 Å². The second-order valence-corrected chi connectivity index (χ2v) is 7.69. The fourth-order valence-corrected chi connectivity index (χ4v) is 2.30. The van der Waals surface area contributed by atoms with Crippen LogP contribution in [0, 0.1) is 0 Å². The average Bonchev–Trinajstić information content (AvgIpc) is 2.77. The first-order chi connectivity index (χ1) is 16.1. The number of carbonyl (C=O) groups is 4. The number of hydrogen-bond donors (Lipinski definition) is 4. The van der Waals surface area contributed by atoms with E-state index in [1.165, 1.54) is 0 Å². The molecular formula is C23H37N3O8. The van der Waals surface area contributed by atoms with E-state index in [0.717, 1.165) is 5.56 Å². The van der Waals surface area contributed by atoms with Crippen LogP contribution in [-0.4, -0.2) is 67.1 Å². The van der Waals surface area contributed by atoms with Crippen molar-refractivity contribution in [1.29, 1.82) is 0 Å². The van der Waals surface area contributed by atoms with Gasteiger partial charge in [-0.3, -0.25) is 9.59 Å². The quantitative estimate of drug-likeness (QED) is 0.331. The second kappa shape index (κ2) is 17.2. The predicted molar refractivity (Wildman–Crippen MR) is 125 cm³/mol. The Hall–Kier alpha value is -3.34. The van der Waals surface area contributed by atoms with E-state index in [1.54, 1.807) is 45.0 Å². The number of carboxylic acids is 1. The molecule has 11 nitrogen and oxygen atoms in total. The molecule has 0 aliphatic rings. The van der Waals surface area contributed by atoms with Crippen LogP contribution in [0.3, 0.4) is 0 Å². The van der Waals surface area contributed by atoms with E-state index in [9.17, 15) is 19.2 Å². The maximum absolute atomic E-state index is 12.2. The van der Waals surface area contributed by atoms with E-state index in [2.05, 4.69) is 16.0 Å². The number of carboxylic acid groups (broad SMARTS) is 1. The summed E-state index contributed by atoms with van der Waals surface area (Å²) in [6.07, 6.45) is -2.07. The van der Waals surface area contributed by atoms with Crippen molar-refractivity contribution in [3.8, 4) is 0 Å². The zero-order valence-corrected chi connectivity index (χ0v) is 20.5. The minimum Gasteiger partial charge on any atom is -0.481 e. The number of carbonyl (C=O) groups excluding carboxylic acids is 3. The van der Waals surface area contributed by atoms with Gasteiger partial charge in [0.2, 0.25) is 5.91 Å². The van der Waals surface area contributed by atoms with E-state index in [0.29, 0.717) is 0 Å². The van der Waals surface area contributed by atoms with Gasteiger partial charge in [0.1, 0.15) is 18.2 Å². The Bertz CT molecular complexity index is 750. The standard InChI is InChI=1S/C21H31N3O8.C2H6/c1-21(2,3)32-19(28)23-10-12-30-11-9-22-18(27)16(13-17(25)26)24-20(29)31-14-15-7-5-4-6-8-15;1-2/h4-8,16H,9-14H2,1-3H3,(H,22,27)(H,23,28)(H,24,29)(H,25,26);1-2H3. The minimum absolute atomic E-state index is 0.0146. The van der Waals surface area contributed by atoms with Crippen LogP contribution in [0.15, 0.2) is 30.3 Å². The molecule has 0 aliphatic heterocycles. The van der Waals surface area contributed by atoms with Gasteiger partial charge in [0.05, 0.1) is 19.6 Å². The molecule has 0 aromatic heterocycles. The average molecular weight is 484 g/mol. The first kappa shape index (κ1) is 30.7. The van der Waals surface area contributed by atoms with Crippen molar-refractivity contribution >= 4 is 24.1 Å². The van der Waals surface area contributed by atoms with E-state index >= 15 is 0 Å². The lowest BCUT2D eigenvalue weighted by Gasteiger charge is -2.19. The van der Waals surface area contributed by atoms with E-state index in [1.807, 2.05) is 19.9 Å². The smallest absolute Gasteiger partial charge is 0.408 e. The molecule has 1 aromatic carbocycles. The molecule has 0 spiro atoms. The van der Waals surface area contributed by atoms with Gasteiger partial charge in [-0.2, -0.15) is 0 Å².